The van der Waals surface area contributed by atoms with E-state index < -0.39 is 0 Å². The fourth-order valence-corrected chi connectivity index (χ4v) is 3.94. The van der Waals surface area contributed by atoms with Crippen molar-refractivity contribution in [3.63, 3.8) is 0 Å². The van der Waals surface area contributed by atoms with Gasteiger partial charge in [0.2, 0.25) is 11.8 Å². The number of halogens is 1. The summed E-state index contributed by atoms with van der Waals surface area (Å²) in [4.78, 5) is 29.5. The van der Waals surface area contributed by atoms with E-state index in [2.05, 4.69) is 15.2 Å². The molecule has 2 amide bonds. The number of amides is 2. The van der Waals surface area contributed by atoms with Crippen LogP contribution in [-0.2, 0) is 9.59 Å². The number of carbonyl (C=O) groups is 2. The zero-order valence-corrected chi connectivity index (χ0v) is 16.4. The lowest BCUT2D eigenvalue weighted by Crippen LogP contribution is -2.33. The van der Waals surface area contributed by atoms with E-state index in [1.807, 2.05) is 28.8 Å². The number of carbonyl (C=O) groups excluding carboxylic acids is 2. The number of benzene rings is 1. The van der Waals surface area contributed by atoms with Gasteiger partial charge in [-0.2, -0.15) is 0 Å². The highest BCUT2D eigenvalue weighted by atomic mass is 35.5. The van der Waals surface area contributed by atoms with Crippen LogP contribution < -0.4 is 0 Å². The number of pyridine rings is 1. The monoisotopic (exact) mass is 413 g/mol. The van der Waals surface area contributed by atoms with Crippen LogP contribution in [0.15, 0.2) is 53.9 Å². The Morgan fingerprint density at radius 3 is 2.54 bits per heavy atom. The van der Waals surface area contributed by atoms with Crippen LogP contribution in [0.3, 0.4) is 0 Å². The summed E-state index contributed by atoms with van der Waals surface area (Å²) >= 11 is 7.28. The minimum atomic E-state index is -0.205. The Bertz CT molecular complexity index is 1010. The summed E-state index contributed by atoms with van der Waals surface area (Å²) < 4.78 is 1.87. The van der Waals surface area contributed by atoms with Gasteiger partial charge in [-0.15, -0.1) is 10.2 Å². The Labute approximate surface area is 170 Å². The SMILES string of the molecule is O=C1CCCN1C(=O)CSc1nnc(-c2ccncc2)n1-c1ccc(Cl)cc1. The Kier molecular flexibility index (Phi) is 5.40. The van der Waals surface area contributed by atoms with Gasteiger partial charge < -0.3 is 0 Å². The zero-order valence-electron chi connectivity index (χ0n) is 14.8. The number of hydrogen-bond acceptors (Lipinski definition) is 6. The van der Waals surface area contributed by atoms with E-state index in [9.17, 15) is 9.59 Å². The fourth-order valence-electron chi connectivity index (χ4n) is 2.99. The van der Waals surface area contributed by atoms with Gasteiger partial charge in [0.1, 0.15) is 0 Å². The maximum atomic E-state index is 12.4. The maximum absolute atomic E-state index is 12.4. The number of aromatic nitrogens is 4. The van der Waals surface area contributed by atoms with E-state index in [1.54, 1.807) is 24.5 Å². The molecule has 0 unspecified atom stereocenters. The van der Waals surface area contributed by atoms with Gasteiger partial charge in [0.05, 0.1) is 5.75 Å². The molecule has 3 aromatic rings. The lowest BCUT2D eigenvalue weighted by molar-refractivity contribution is -0.140. The molecule has 0 radical (unpaired) electrons. The molecule has 3 heterocycles. The molecule has 9 heteroatoms. The topological polar surface area (TPSA) is 81.0 Å². The number of imide groups is 1. The number of thioether (sulfide) groups is 1. The average molecular weight is 414 g/mol. The highest BCUT2D eigenvalue weighted by Crippen LogP contribution is 2.28. The maximum Gasteiger partial charge on any atom is 0.239 e. The van der Waals surface area contributed by atoms with Crippen molar-refractivity contribution in [1.29, 1.82) is 0 Å². The molecule has 2 aromatic heterocycles. The lowest BCUT2D eigenvalue weighted by Gasteiger charge is -2.14. The molecule has 1 saturated heterocycles. The van der Waals surface area contributed by atoms with Crippen LogP contribution in [0, 0.1) is 0 Å². The van der Waals surface area contributed by atoms with E-state index in [0.29, 0.717) is 29.0 Å². The van der Waals surface area contributed by atoms with Crippen molar-refractivity contribution in [2.24, 2.45) is 0 Å². The Morgan fingerprint density at radius 1 is 1.11 bits per heavy atom. The largest absolute Gasteiger partial charge is 0.282 e. The van der Waals surface area contributed by atoms with Gasteiger partial charge >= 0.3 is 0 Å². The molecule has 1 aromatic carbocycles. The van der Waals surface area contributed by atoms with Gasteiger partial charge in [-0.3, -0.25) is 24.0 Å². The van der Waals surface area contributed by atoms with E-state index in [4.69, 9.17) is 11.6 Å². The summed E-state index contributed by atoms with van der Waals surface area (Å²) in [6, 6.07) is 11.0. The standard InChI is InChI=1S/C19H16ClN5O2S/c20-14-3-5-15(6-4-14)25-18(13-7-9-21-10-8-13)22-23-19(25)28-12-17(27)24-11-1-2-16(24)26/h3-10H,1-2,11-12H2. The Hall–Kier alpha value is -2.71. The molecule has 4 rings (SSSR count). The third-order valence-electron chi connectivity index (χ3n) is 4.36. The molecule has 7 nitrogen and oxygen atoms in total. The lowest BCUT2D eigenvalue weighted by atomic mass is 10.2. The molecule has 0 spiro atoms. The zero-order chi connectivity index (χ0) is 19.5. The van der Waals surface area contributed by atoms with Crippen LogP contribution in [-0.4, -0.2) is 48.8 Å². The van der Waals surface area contributed by atoms with Gasteiger partial charge in [-0.05, 0) is 42.8 Å². The second-order valence-corrected chi connectivity index (χ2v) is 7.56. The fraction of sp³-hybridized carbons (Fsp3) is 0.211. The molecule has 0 bridgehead atoms. The molecule has 0 atom stereocenters. The Morgan fingerprint density at radius 2 is 1.86 bits per heavy atom. The van der Waals surface area contributed by atoms with Crippen LogP contribution in [0.1, 0.15) is 12.8 Å². The van der Waals surface area contributed by atoms with Crippen LogP contribution in [0.2, 0.25) is 5.02 Å². The first-order valence-corrected chi connectivity index (χ1v) is 10.1. The van der Waals surface area contributed by atoms with Crippen LogP contribution in [0.25, 0.3) is 17.1 Å². The highest BCUT2D eigenvalue weighted by Gasteiger charge is 2.27. The molecule has 0 saturated carbocycles. The summed E-state index contributed by atoms with van der Waals surface area (Å²) in [6.07, 6.45) is 4.53. The predicted octanol–water partition coefficient (Wildman–Crippen LogP) is 3.22. The van der Waals surface area contributed by atoms with Crippen molar-refractivity contribution < 1.29 is 9.59 Å². The third-order valence-corrected chi connectivity index (χ3v) is 5.52. The first-order chi connectivity index (χ1) is 13.6. The summed E-state index contributed by atoms with van der Waals surface area (Å²) in [6.45, 7) is 0.490. The second kappa shape index (κ2) is 8.12. The van der Waals surface area contributed by atoms with Crippen molar-refractivity contribution in [2.75, 3.05) is 12.3 Å². The van der Waals surface area contributed by atoms with Crippen molar-refractivity contribution in [3.8, 4) is 17.1 Å². The second-order valence-electron chi connectivity index (χ2n) is 6.19. The summed E-state index contributed by atoms with van der Waals surface area (Å²) in [5, 5.41) is 9.78. The number of hydrogen-bond donors (Lipinski definition) is 0. The van der Waals surface area contributed by atoms with Crippen LogP contribution in [0.5, 0.6) is 0 Å². The van der Waals surface area contributed by atoms with E-state index in [1.165, 1.54) is 16.7 Å². The Balaban J connectivity index is 1.65. The van der Waals surface area contributed by atoms with E-state index in [0.717, 1.165) is 17.7 Å². The number of nitrogens with zero attached hydrogens (tertiary/aromatic N) is 5. The highest BCUT2D eigenvalue weighted by molar-refractivity contribution is 7.99. The first kappa shape index (κ1) is 18.6. The molecule has 1 aliphatic heterocycles. The number of likely N-dealkylation sites (tertiary alicyclic amines) is 1. The number of rotatable bonds is 5. The third kappa shape index (κ3) is 3.79. The molecule has 142 valence electrons. The van der Waals surface area contributed by atoms with Crippen molar-refractivity contribution >= 4 is 35.2 Å². The van der Waals surface area contributed by atoms with E-state index >= 15 is 0 Å². The van der Waals surface area contributed by atoms with Crippen LogP contribution in [0.4, 0.5) is 0 Å². The minimum Gasteiger partial charge on any atom is -0.282 e. The molecule has 0 aliphatic carbocycles. The van der Waals surface area contributed by atoms with Crippen LogP contribution >= 0.6 is 23.4 Å². The average Bonchev–Trinajstić information content (AvgIpc) is 3.34. The molecular formula is C19H16ClN5O2S. The molecule has 0 N–H and O–H groups in total. The predicted molar refractivity (Wildman–Crippen MR) is 106 cm³/mol. The molecule has 28 heavy (non-hydrogen) atoms. The molecular weight excluding hydrogens is 398 g/mol. The van der Waals surface area contributed by atoms with Gasteiger partial charge in [0.15, 0.2) is 11.0 Å². The first-order valence-electron chi connectivity index (χ1n) is 8.71. The quantitative estimate of drug-likeness (QED) is 0.597. The van der Waals surface area contributed by atoms with Crippen molar-refractivity contribution in [1.82, 2.24) is 24.6 Å². The van der Waals surface area contributed by atoms with Gasteiger partial charge in [0.25, 0.3) is 0 Å². The van der Waals surface area contributed by atoms with Crippen molar-refractivity contribution in [2.45, 2.75) is 18.0 Å². The normalized spacial score (nSPS) is 13.9. The smallest absolute Gasteiger partial charge is 0.239 e. The molecule has 1 fully saturated rings. The van der Waals surface area contributed by atoms with Crippen molar-refractivity contribution in [3.05, 3.63) is 53.8 Å². The van der Waals surface area contributed by atoms with Gasteiger partial charge in [-0.25, -0.2) is 0 Å². The van der Waals surface area contributed by atoms with Gasteiger partial charge in [-0.1, -0.05) is 23.4 Å². The molecule has 1 aliphatic rings. The van der Waals surface area contributed by atoms with Gasteiger partial charge in [0, 0.05) is 41.6 Å². The van der Waals surface area contributed by atoms with E-state index in [-0.39, 0.29) is 17.6 Å². The summed E-state index contributed by atoms with van der Waals surface area (Å²) in [5.41, 5.74) is 1.68. The minimum absolute atomic E-state index is 0.109. The summed E-state index contributed by atoms with van der Waals surface area (Å²) in [5.74, 6) is 0.441. The summed E-state index contributed by atoms with van der Waals surface area (Å²) in [7, 11) is 0.